The van der Waals surface area contributed by atoms with E-state index in [9.17, 15) is 9.90 Å². The first-order valence-corrected chi connectivity index (χ1v) is 5.70. The zero-order valence-corrected chi connectivity index (χ0v) is 10.6. The van der Waals surface area contributed by atoms with Gasteiger partial charge in [0, 0.05) is 7.05 Å². The van der Waals surface area contributed by atoms with Gasteiger partial charge < -0.3 is 9.84 Å². The molecule has 1 heterocycles. The lowest BCUT2D eigenvalue weighted by Crippen LogP contribution is -2.14. The molecule has 0 aliphatic rings. The summed E-state index contributed by atoms with van der Waals surface area (Å²) in [6.45, 7) is 0. The Morgan fingerprint density at radius 1 is 1.42 bits per heavy atom. The Bertz CT molecular complexity index is 565. The van der Waals surface area contributed by atoms with Crippen molar-refractivity contribution in [1.82, 2.24) is 20.2 Å². The van der Waals surface area contributed by atoms with E-state index in [0.29, 0.717) is 5.82 Å². The number of ether oxygens (including phenoxy) is 1. The fraction of sp³-hybridized carbons (Fsp3) is 0.333. The van der Waals surface area contributed by atoms with Crippen molar-refractivity contribution < 1.29 is 14.6 Å². The monoisotopic (exact) mass is 262 g/mol. The first kappa shape index (κ1) is 13.0. The van der Waals surface area contributed by atoms with Gasteiger partial charge in [0.1, 0.15) is 5.75 Å². The minimum absolute atomic E-state index is 0.134. The number of hydrogen-bond acceptors (Lipinski definition) is 6. The molecule has 19 heavy (non-hydrogen) atoms. The van der Waals surface area contributed by atoms with E-state index in [-0.39, 0.29) is 24.1 Å². The number of aryl methyl sites for hydroxylation is 1. The van der Waals surface area contributed by atoms with Gasteiger partial charge in [-0.1, -0.05) is 12.1 Å². The van der Waals surface area contributed by atoms with Crippen LogP contribution in [0.2, 0.25) is 0 Å². The van der Waals surface area contributed by atoms with Crippen LogP contribution in [0.3, 0.4) is 0 Å². The molecule has 0 amide bonds. The normalized spacial score (nSPS) is 12.1. The summed E-state index contributed by atoms with van der Waals surface area (Å²) < 4.78 is 6.21. The minimum Gasteiger partial charge on any atom is -0.508 e. The number of carbonyl (C=O) groups excluding carboxylic acids is 1. The number of phenols is 1. The number of hydrogen-bond donors (Lipinski definition) is 1. The maximum atomic E-state index is 11.5. The highest BCUT2D eigenvalue weighted by Crippen LogP contribution is 2.27. The Labute approximate surface area is 109 Å². The largest absolute Gasteiger partial charge is 0.508 e. The van der Waals surface area contributed by atoms with Crippen LogP contribution in [0.1, 0.15) is 23.7 Å². The molecule has 2 rings (SSSR count). The van der Waals surface area contributed by atoms with Crippen LogP contribution < -0.4 is 0 Å². The zero-order chi connectivity index (χ0) is 13.8. The molecule has 0 spiro atoms. The van der Waals surface area contributed by atoms with Gasteiger partial charge >= 0.3 is 5.97 Å². The van der Waals surface area contributed by atoms with Gasteiger partial charge in [0.2, 0.25) is 0 Å². The lowest BCUT2D eigenvalue weighted by Gasteiger charge is -2.14. The fourth-order valence-corrected chi connectivity index (χ4v) is 1.85. The third-order valence-corrected chi connectivity index (χ3v) is 2.86. The van der Waals surface area contributed by atoms with E-state index in [1.807, 2.05) is 0 Å². The van der Waals surface area contributed by atoms with Crippen molar-refractivity contribution >= 4 is 5.97 Å². The number of methoxy groups -OCH3 is 1. The summed E-state index contributed by atoms with van der Waals surface area (Å²) in [6, 6.07) is 6.59. The molecule has 7 heteroatoms. The number of rotatable bonds is 4. The van der Waals surface area contributed by atoms with E-state index in [1.54, 1.807) is 31.3 Å². The van der Waals surface area contributed by atoms with Gasteiger partial charge in [0.25, 0.3) is 0 Å². The highest BCUT2D eigenvalue weighted by molar-refractivity contribution is 5.71. The topological polar surface area (TPSA) is 90.1 Å². The van der Waals surface area contributed by atoms with Crippen molar-refractivity contribution in [2.45, 2.75) is 12.3 Å². The third-order valence-electron chi connectivity index (χ3n) is 2.86. The van der Waals surface area contributed by atoms with Gasteiger partial charge in [-0.15, -0.1) is 5.10 Å². The molecular weight excluding hydrogens is 248 g/mol. The molecule has 0 saturated heterocycles. The second-order valence-corrected chi connectivity index (χ2v) is 4.09. The van der Waals surface area contributed by atoms with Gasteiger partial charge in [-0.3, -0.25) is 4.79 Å². The highest BCUT2D eigenvalue weighted by Gasteiger charge is 2.23. The third kappa shape index (κ3) is 2.87. The van der Waals surface area contributed by atoms with Gasteiger partial charge in [-0.05, 0) is 28.1 Å². The molecular formula is C12H14N4O3. The van der Waals surface area contributed by atoms with E-state index >= 15 is 0 Å². The number of aromatic hydroxyl groups is 1. The second kappa shape index (κ2) is 5.47. The Morgan fingerprint density at radius 3 is 2.63 bits per heavy atom. The molecule has 100 valence electrons. The number of esters is 1. The van der Waals surface area contributed by atoms with Crippen LogP contribution in [0.15, 0.2) is 24.3 Å². The molecule has 1 N–H and O–H groups in total. The van der Waals surface area contributed by atoms with Crippen molar-refractivity contribution in [1.29, 1.82) is 0 Å². The summed E-state index contributed by atoms with van der Waals surface area (Å²) in [5.41, 5.74) is 0.834. The minimum atomic E-state index is -0.346. The van der Waals surface area contributed by atoms with Crippen molar-refractivity contribution in [2.75, 3.05) is 7.11 Å². The van der Waals surface area contributed by atoms with E-state index in [0.717, 1.165) is 5.56 Å². The summed E-state index contributed by atoms with van der Waals surface area (Å²) in [4.78, 5) is 11.5. The van der Waals surface area contributed by atoms with Crippen LogP contribution in [-0.4, -0.2) is 38.4 Å². The molecule has 0 fully saturated rings. The number of benzene rings is 1. The fourth-order valence-electron chi connectivity index (χ4n) is 1.85. The standard InChI is InChI=1S/C12H14N4O3/c1-16-12(13-14-15-16)10(7-11(18)19-2)8-3-5-9(17)6-4-8/h3-6,10,17H,7H2,1-2H3/t10-/m0/s1. The second-order valence-electron chi connectivity index (χ2n) is 4.09. The summed E-state index contributed by atoms with van der Waals surface area (Å²) in [5, 5.41) is 20.6. The van der Waals surface area contributed by atoms with Crippen LogP contribution in [0.4, 0.5) is 0 Å². The summed E-state index contributed by atoms with van der Waals surface area (Å²) >= 11 is 0. The number of aromatic nitrogens is 4. The van der Waals surface area contributed by atoms with Crippen LogP contribution in [0.5, 0.6) is 5.75 Å². The summed E-state index contributed by atoms with van der Waals surface area (Å²) in [7, 11) is 3.05. The molecule has 0 saturated carbocycles. The maximum Gasteiger partial charge on any atom is 0.306 e. The SMILES string of the molecule is COC(=O)C[C@@H](c1ccc(O)cc1)c1nnnn1C. The quantitative estimate of drug-likeness (QED) is 0.812. The van der Waals surface area contributed by atoms with Crippen molar-refractivity contribution in [3.8, 4) is 5.75 Å². The molecule has 0 unspecified atom stereocenters. The van der Waals surface area contributed by atoms with Crippen LogP contribution in [0, 0.1) is 0 Å². The molecule has 1 atom stereocenters. The van der Waals surface area contributed by atoms with Crippen molar-refractivity contribution in [3.05, 3.63) is 35.7 Å². The van der Waals surface area contributed by atoms with Gasteiger partial charge in [0.05, 0.1) is 19.4 Å². The zero-order valence-electron chi connectivity index (χ0n) is 10.6. The lowest BCUT2D eigenvalue weighted by atomic mass is 9.95. The van der Waals surface area contributed by atoms with Crippen LogP contribution in [0.25, 0.3) is 0 Å². The Balaban J connectivity index is 2.37. The van der Waals surface area contributed by atoms with E-state index in [1.165, 1.54) is 11.8 Å². The molecule has 1 aromatic carbocycles. The van der Waals surface area contributed by atoms with Crippen LogP contribution in [-0.2, 0) is 16.6 Å². The number of carbonyl (C=O) groups is 1. The van der Waals surface area contributed by atoms with Gasteiger partial charge in [0.15, 0.2) is 5.82 Å². The average Bonchev–Trinajstić information content (AvgIpc) is 2.83. The molecule has 0 aliphatic carbocycles. The number of tetrazole rings is 1. The van der Waals surface area contributed by atoms with Crippen molar-refractivity contribution in [2.24, 2.45) is 7.05 Å². The molecule has 1 aromatic heterocycles. The first-order valence-electron chi connectivity index (χ1n) is 5.70. The predicted octanol–water partition coefficient (Wildman–Crippen LogP) is 0.611. The smallest absolute Gasteiger partial charge is 0.306 e. The molecule has 7 nitrogen and oxygen atoms in total. The van der Waals surface area contributed by atoms with Crippen LogP contribution >= 0.6 is 0 Å². The van der Waals surface area contributed by atoms with E-state index in [4.69, 9.17) is 4.74 Å². The van der Waals surface area contributed by atoms with Gasteiger partial charge in [-0.25, -0.2) is 4.68 Å². The predicted molar refractivity (Wildman–Crippen MR) is 65.4 cm³/mol. The molecule has 0 radical (unpaired) electrons. The van der Waals surface area contributed by atoms with Crippen molar-refractivity contribution in [3.63, 3.8) is 0 Å². The molecule has 2 aromatic rings. The Morgan fingerprint density at radius 2 is 2.11 bits per heavy atom. The van der Waals surface area contributed by atoms with E-state index < -0.39 is 0 Å². The number of phenolic OH excluding ortho intramolecular Hbond substituents is 1. The summed E-state index contributed by atoms with van der Waals surface area (Å²) in [5.74, 6) is 0.0712. The van der Waals surface area contributed by atoms with Gasteiger partial charge in [-0.2, -0.15) is 0 Å². The summed E-state index contributed by atoms with van der Waals surface area (Å²) in [6.07, 6.45) is 0.134. The average molecular weight is 262 g/mol. The Hall–Kier alpha value is -2.44. The first-order chi connectivity index (χ1) is 9.11. The lowest BCUT2D eigenvalue weighted by molar-refractivity contribution is -0.140. The Kier molecular flexibility index (Phi) is 3.74. The molecule has 0 aliphatic heterocycles. The highest BCUT2D eigenvalue weighted by atomic mass is 16.5. The number of nitrogens with zero attached hydrogens (tertiary/aromatic N) is 4. The van der Waals surface area contributed by atoms with E-state index in [2.05, 4.69) is 15.5 Å². The maximum absolute atomic E-state index is 11.5. The molecule has 0 bridgehead atoms.